The number of likely N-dealkylation sites (N-methyl/N-ethyl adjacent to an activating group) is 1. The van der Waals surface area contributed by atoms with Gasteiger partial charge in [-0.2, -0.15) is 0 Å². The zero-order chi connectivity index (χ0) is 20.8. The van der Waals surface area contributed by atoms with Crippen LogP contribution in [-0.4, -0.2) is 48.5 Å². The number of aromatic nitrogens is 1. The molecule has 0 saturated carbocycles. The van der Waals surface area contributed by atoms with Gasteiger partial charge < -0.3 is 19.7 Å². The summed E-state index contributed by atoms with van der Waals surface area (Å²) in [5, 5.41) is 2.63. The van der Waals surface area contributed by atoms with Crippen molar-refractivity contribution in [3.63, 3.8) is 0 Å². The van der Waals surface area contributed by atoms with Crippen molar-refractivity contribution in [2.45, 2.75) is 20.3 Å². The molecule has 29 heavy (non-hydrogen) atoms. The molecular formula is C22H25N3O4. The molecule has 0 radical (unpaired) electrons. The number of allylic oxidation sites excluding steroid dienone is 3. The van der Waals surface area contributed by atoms with Crippen LogP contribution in [-0.2, 0) is 14.3 Å². The van der Waals surface area contributed by atoms with E-state index in [1.807, 2.05) is 13.0 Å². The van der Waals surface area contributed by atoms with Crippen LogP contribution in [0.3, 0.4) is 0 Å². The van der Waals surface area contributed by atoms with Crippen LogP contribution in [0.4, 0.5) is 5.82 Å². The molecule has 7 nitrogen and oxygen atoms in total. The Morgan fingerprint density at radius 3 is 2.97 bits per heavy atom. The maximum absolute atomic E-state index is 12.5. The van der Waals surface area contributed by atoms with Crippen LogP contribution >= 0.6 is 0 Å². The lowest BCUT2D eigenvalue weighted by Crippen LogP contribution is -2.27. The quantitative estimate of drug-likeness (QED) is 0.749. The minimum absolute atomic E-state index is 0.0390. The number of hydrogen-bond donors (Lipinski definition) is 1. The van der Waals surface area contributed by atoms with Crippen LogP contribution in [0.5, 0.6) is 5.75 Å². The molecule has 1 N–H and O–H groups in total. The molecule has 0 saturated heterocycles. The molecule has 2 amide bonds. The van der Waals surface area contributed by atoms with E-state index in [4.69, 9.17) is 9.47 Å². The lowest BCUT2D eigenvalue weighted by atomic mass is 10.1. The number of carbonyl (C=O) groups is 2. The zero-order valence-corrected chi connectivity index (χ0v) is 16.9. The van der Waals surface area contributed by atoms with Crippen molar-refractivity contribution in [2.75, 3.05) is 32.1 Å². The zero-order valence-electron chi connectivity index (χ0n) is 16.9. The van der Waals surface area contributed by atoms with Gasteiger partial charge in [0.25, 0.3) is 5.91 Å². The number of nitrogens with one attached hydrogen (secondary N) is 1. The number of anilines is 1. The second kappa shape index (κ2) is 9.23. The van der Waals surface area contributed by atoms with Crippen LogP contribution < -0.4 is 10.1 Å². The van der Waals surface area contributed by atoms with Crippen molar-refractivity contribution in [3.05, 3.63) is 59.0 Å². The highest BCUT2D eigenvalue weighted by molar-refractivity contribution is 5.95. The predicted octanol–water partition coefficient (Wildman–Crippen LogP) is 3.08. The Balaban J connectivity index is 1.61. The largest absolute Gasteiger partial charge is 0.491 e. The standard InChI is InChI=1S/C22H25N3O4/c1-4-5-6-7-17-13-28-19(15(17)2)12-25(3)21(27)9-8-16-10-18-22(23-11-16)24-20(26)14-29-18/h5-11H,4,12-14H2,1-3H3,(H,23,24,26)/b6-5-,9-8+,17-7+. The highest BCUT2D eigenvalue weighted by atomic mass is 16.5. The van der Waals surface area contributed by atoms with E-state index in [9.17, 15) is 9.59 Å². The number of pyridine rings is 1. The van der Waals surface area contributed by atoms with Crippen LogP contribution in [0, 0.1) is 0 Å². The smallest absolute Gasteiger partial charge is 0.263 e. The van der Waals surface area contributed by atoms with Crippen molar-refractivity contribution < 1.29 is 19.1 Å². The molecule has 0 bridgehead atoms. The second-order valence-corrected chi connectivity index (χ2v) is 6.85. The first-order chi connectivity index (χ1) is 14.0. The van der Waals surface area contributed by atoms with E-state index < -0.39 is 0 Å². The van der Waals surface area contributed by atoms with E-state index in [2.05, 4.69) is 29.4 Å². The number of carbonyl (C=O) groups excluding carboxylic acids is 2. The van der Waals surface area contributed by atoms with Crippen molar-refractivity contribution in [2.24, 2.45) is 0 Å². The summed E-state index contributed by atoms with van der Waals surface area (Å²) in [6.45, 7) is 5.00. The summed E-state index contributed by atoms with van der Waals surface area (Å²) in [6, 6.07) is 1.74. The molecule has 0 unspecified atom stereocenters. The number of fused-ring (bicyclic) bond motifs is 1. The molecule has 3 rings (SSSR count). The summed E-state index contributed by atoms with van der Waals surface area (Å²) in [5.74, 6) is 1.31. The summed E-state index contributed by atoms with van der Waals surface area (Å²) >= 11 is 0. The van der Waals surface area contributed by atoms with E-state index in [-0.39, 0.29) is 18.4 Å². The minimum Gasteiger partial charge on any atom is -0.491 e. The Morgan fingerprint density at radius 2 is 2.17 bits per heavy atom. The molecule has 0 spiro atoms. The Hall–Kier alpha value is -3.35. The molecule has 2 aliphatic rings. The van der Waals surface area contributed by atoms with Gasteiger partial charge in [0, 0.05) is 19.3 Å². The van der Waals surface area contributed by atoms with Crippen LogP contribution in [0.25, 0.3) is 6.08 Å². The maximum atomic E-state index is 12.5. The molecule has 2 aliphatic heterocycles. The van der Waals surface area contributed by atoms with Crippen molar-refractivity contribution in [1.29, 1.82) is 0 Å². The van der Waals surface area contributed by atoms with Gasteiger partial charge in [-0.25, -0.2) is 4.98 Å². The van der Waals surface area contributed by atoms with E-state index in [1.165, 1.54) is 6.08 Å². The second-order valence-electron chi connectivity index (χ2n) is 6.85. The van der Waals surface area contributed by atoms with Gasteiger partial charge in [0.1, 0.15) is 12.4 Å². The molecule has 0 fully saturated rings. The van der Waals surface area contributed by atoms with Crippen LogP contribution in [0.1, 0.15) is 25.8 Å². The number of nitrogens with zero attached hydrogens (tertiary/aromatic N) is 2. The van der Waals surface area contributed by atoms with E-state index in [0.29, 0.717) is 30.3 Å². The fourth-order valence-corrected chi connectivity index (χ4v) is 2.87. The Bertz CT molecular complexity index is 928. The molecule has 3 heterocycles. The van der Waals surface area contributed by atoms with Gasteiger partial charge in [0.2, 0.25) is 5.91 Å². The third-order valence-corrected chi connectivity index (χ3v) is 4.64. The molecule has 0 aromatic carbocycles. The SMILES string of the molecule is CC/C=C\C=C1/COC(CN(C)C(=O)/C=C/c2cnc3c(c2)OCC(=O)N3)=C1C. The van der Waals surface area contributed by atoms with Crippen LogP contribution in [0.2, 0.25) is 0 Å². The first-order valence-corrected chi connectivity index (χ1v) is 9.52. The molecule has 0 aliphatic carbocycles. The van der Waals surface area contributed by atoms with Gasteiger partial charge in [0.05, 0.1) is 6.54 Å². The Morgan fingerprint density at radius 1 is 1.34 bits per heavy atom. The number of hydrogen-bond acceptors (Lipinski definition) is 5. The lowest BCUT2D eigenvalue weighted by molar-refractivity contribution is -0.124. The summed E-state index contributed by atoms with van der Waals surface area (Å²) < 4.78 is 11.1. The Kier molecular flexibility index (Phi) is 6.49. The fraction of sp³-hybridized carbons (Fsp3) is 0.318. The lowest BCUT2D eigenvalue weighted by Gasteiger charge is -2.17. The molecule has 1 aromatic rings. The molecule has 1 aromatic heterocycles. The van der Waals surface area contributed by atoms with Gasteiger partial charge in [-0.05, 0) is 42.2 Å². The number of ether oxygens (including phenoxy) is 2. The molecule has 7 heteroatoms. The predicted molar refractivity (Wildman–Crippen MR) is 111 cm³/mol. The topological polar surface area (TPSA) is 80.8 Å². The molecule has 0 atom stereocenters. The molecular weight excluding hydrogens is 370 g/mol. The Labute approximate surface area is 170 Å². The van der Waals surface area contributed by atoms with E-state index >= 15 is 0 Å². The van der Waals surface area contributed by atoms with Gasteiger partial charge in [-0.3, -0.25) is 9.59 Å². The molecule has 152 valence electrons. The minimum atomic E-state index is -0.233. The van der Waals surface area contributed by atoms with Gasteiger partial charge >= 0.3 is 0 Å². The highest BCUT2D eigenvalue weighted by Crippen LogP contribution is 2.27. The average Bonchev–Trinajstić information content (AvgIpc) is 3.05. The van der Waals surface area contributed by atoms with Crippen molar-refractivity contribution in [3.8, 4) is 5.75 Å². The maximum Gasteiger partial charge on any atom is 0.263 e. The summed E-state index contributed by atoms with van der Waals surface area (Å²) in [6.07, 6.45) is 11.9. The van der Waals surface area contributed by atoms with Gasteiger partial charge in [0.15, 0.2) is 18.2 Å². The third kappa shape index (κ3) is 5.13. The third-order valence-electron chi connectivity index (χ3n) is 4.64. The fourth-order valence-electron chi connectivity index (χ4n) is 2.87. The van der Waals surface area contributed by atoms with Crippen molar-refractivity contribution in [1.82, 2.24) is 9.88 Å². The summed E-state index contributed by atoms with van der Waals surface area (Å²) in [4.78, 5) is 29.5. The normalized spacial score (nSPS) is 17.5. The average molecular weight is 395 g/mol. The first kappa shape index (κ1) is 20.4. The summed E-state index contributed by atoms with van der Waals surface area (Å²) in [7, 11) is 1.73. The van der Waals surface area contributed by atoms with Crippen molar-refractivity contribution >= 4 is 23.7 Å². The monoisotopic (exact) mass is 395 g/mol. The van der Waals surface area contributed by atoms with Gasteiger partial charge in [-0.15, -0.1) is 0 Å². The van der Waals surface area contributed by atoms with Crippen LogP contribution in [0.15, 0.2) is 53.5 Å². The first-order valence-electron chi connectivity index (χ1n) is 9.52. The number of amides is 2. The van der Waals surface area contributed by atoms with E-state index in [1.54, 1.807) is 30.3 Å². The van der Waals surface area contributed by atoms with Gasteiger partial charge in [-0.1, -0.05) is 25.2 Å². The highest BCUT2D eigenvalue weighted by Gasteiger charge is 2.20. The number of rotatable bonds is 6. The summed E-state index contributed by atoms with van der Waals surface area (Å²) in [5.41, 5.74) is 2.92. The van der Waals surface area contributed by atoms with E-state index in [0.717, 1.165) is 23.3 Å².